The van der Waals surface area contributed by atoms with E-state index in [0.717, 1.165) is 17.9 Å². The number of unbranched alkanes of at least 4 members (excludes halogenated alkanes) is 9. The maximum atomic E-state index is 12.8. The van der Waals surface area contributed by atoms with Crippen molar-refractivity contribution in [1.82, 2.24) is 5.06 Å². The first-order valence-electron chi connectivity index (χ1n) is 16.2. The van der Waals surface area contributed by atoms with Crippen molar-refractivity contribution in [3.8, 4) is 11.5 Å². The fraction of sp³-hybridized carbons (Fsp3) is 0.583. The molecule has 1 aliphatic heterocycles. The lowest BCUT2D eigenvalue weighted by atomic mass is 9.80. The summed E-state index contributed by atoms with van der Waals surface area (Å²) >= 11 is 0. The summed E-state index contributed by atoms with van der Waals surface area (Å²) in [7, 11) is 0. The molecule has 1 aliphatic rings. The molecule has 0 aliphatic carbocycles. The van der Waals surface area contributed by atoms with Crippen LogP contribution in [0.2, 0.25) is 0 Å². The zero-order valence-electron chi connectivity index (χ0n) is 27.2. The van der Waals surface area contributed by atoms with E-state index in [9.17, 15) is 19.6 Å². The zero-order valence-corrected chi connectivity index (χ0v) is 27.2. The second-order valence-corrected chi connectivity index (χ2v) is 13.1. The molecule has 2 aromatic rings. The van der Waals surface area contributed by atoms with Gasteiger partial charge in [-0.15, -0.1) is 10.3 Å². The van der Waals surface area contributed by atoms with Gasteiger partial charge in [-0.25, -0.2) is 9.59 Å². The Labute approximate surface area is 262 Å². The Bertz CT molecular complexity index is 1250. The molecule has 1 saturated heterocycles. The second kappa shape index (κ2) is 16.7. The van der Waals surface area contributed by atoms with E-state index in [-0.39, 0.29) is 16.9 Å². The van der Waals surface area contributed by atoms with E-state index in [2.05, 4.69) is 6.92 Å². The number of carbonyl (C=O) groups is 2. The highest BCUT2D eigenvalue weighted by Crippen LogP contribution is 2.38. The fourth-order valence-electron chi connectivity index (χ4n) is 5.87. The van der Waals surface area contributed by atoms with Gasteiger partial charge in [0.2, 0.25) is 5.43 Å². The Morgan fingerprint density at radius 1 is 0.727 bits per heavy atom. The molecule has 0 unspecified atom stereocenters. The van der Waals surface area contributed by atoms with Crippen LogP contribution in [-0.4, -0.2) is 40.8 Å². The third kappa shape index (κ3) is 10.7. The van der Waals surface area contributed by atoms with Crippen LogP contribution in [0.1, 0.15) is 132 Å². The van der Waals surface area contributed by atoms with Crippen LogP contribution in [0.15, 0.2) is 53.3 Å². The molecule has 8 nitrogen and oxygen atoms in total. The van der Waals surface area contributed by atoms with Crippen LogP contribution in [0.5, 0.6) is 11.5 Å². The van der Waals surface area contributed by atoms with Crippen molar-refractivity contribution in [1.29, 1.82) is 0 Å². The summed E-state index contributed by atoms with van der Waals surface area (Å²) in [5, 5.41) is 13.7. The SMILES string of the molecule is CCCCCCCCCCCCOc1ccc(OC(=O)c2ccc(C(=O)OC3CC(C)(C)N([O])C(C)(C)C3)cc2)c(=O)cc1. The van der Waals surface area contributed by atoms with E-state index in [1.165, 1.54) is 87.8 Å². The Balaban J connectivity index is 1.45. The molecule has 0 amide bonds. The van der Waals surface area contributed by atoms with Crippen molar-refractivity contribution < 1.29 is 29.0 Å². The molecule has 0 aromatic heterocycles. The van der Waals surface area contributed by atoms with Gasteiger partial charge in [0, 0.05) is 23.9 Å². The van der Waals surface area contributed by atoms with Gasteiger partial charge >= 0.3 is 11.9 Å². The number of hydrogen-bond donors (Lipinski definition) is 0. The minimum atomic E-state index is -0.715. The maximum Gasteiger partial charge on any atom is 0.343 e. The summed E-state index contributed by atoms with van der Waals surface area (Å²) < 4.78 is 16.9. The molecule has 3 rings (SSSR count). The molecule has 0 atom stereocenters. The number of esters is 2. The summed E-state index contributed by atoms with van der Waals surface area (Å²) in [5.41, 5.74) is -1.29. The largest absolute Gasteiger partial charge is 0.494 e. The van der Waals surface area contributed by atoms with Crippen LogP contribution in [0.4, 0.5) is 0 Å². The molecule has 1 fully saturated rings. The van der Waals surface area contributed by atoms with Crippen molar-refractivity contribution in [3.63, 3.8) is 0 Å². The van der Waals surface area contributed by atoms with Crippen LogP contribution in [0.25, 0.3) is 0 Å². The number of carbonyl (C=O) groups excluding carboxylic acids is 2. The van der Waals surface area contributed by atoms with Gasteiger partial charge in [-0.3, -0.25) is 4.79 Å². The van der Waals surface area contributed by atoms with Crippen molar-refractivity contribution in [2.24, 2.45) is 0 Å². The highest BCUT2D eigenvalue weighted by Gasteiger charge is 2.47. The lowest BCUT2D eigenvalue weighted by Gasteiger charge is -2.49. The third-order valence-electron chi connectivity index (χ3n) is 8.19. The van der Waals surface area contributed by atoms with E-state index in [4.69, 9.17) is 14.2 Å². The van der Waals surface area contributed by atoms with E-state index >= 15 is 0 Å². The standard InChI is InChI=1S/C36H50NO7/c1-6-7-8-9-10-11-12-13-14-15-24-42-29-20-22-31(38)32(23-21-29)44-34(40)28-18-16-27(17-19-28)33(39)43-30-25-35(2,3)37(41)36(4,5)26-30/h16-23,30H,6-15,24-26H2,1-5H3. The molecule has 1 heterocycles. The average Bonchev–Trinajstić information content (AvgIpc) is 3.15. The predicted molar refractivity (Wildman–Crippen MR) is 171 cm³/mol. The number of rotatable bonds is 16. The summed E-state index contributed by atoms with van der Waals surface area (Å²) in [6, 6.07) is 11.9. The second-order valence-electron chi connectivity index (χ2n) is 13.1. The highest BCUT2D eigenvalue weighted by molar-refractivity contribution is 5.94. The van der Waals surface area contributed by atoms with E-state index in [0.29, 0.717) is 25.2 Å². The van der Waals surface area contributed by atoms with Gasteiger partial charge in [0.1, 0.15) is 11.9 Å². The lowest BCUT2D eigenvalue weighted by molar-refractivity contribution is -0.298. The molecule has 8 heteroatoms. The summed E-state index contributed by atoms with van der Waals surface area (Å²) in [4.78, 5) is 38.1. The summed E-state index contributed by atoms with van der Waals surface area (Å²) in [6.45, 7) is 10.2. The van der Waals surface area contributed by atoms with Crippen molar-refractivity contribution in [2.75, 3.05) is 6.61 Å². The Morgan fingerprint density at radius 2 is 1.23 bits per heavy atom. The van der Waals surface area contributed by atoms with Gasteiger partial charge in [-0.1, -0.05) is 64.7 Å². The minimum absolute atomic E-state index is 0.109. The molecule has 1 radical (unpaired) electrons. The smallest absolute Gasteiger partial charge is 0.343 e. The molecule has 0 bridgehead atoms. The molecule has 0 saturated carbocycles. The molecular formula is C36H50NO7. The number of benzene rings is 1. The quantitative estimate of drug-likeness (QED) is 0.140. The molecule has 2 aromatic carbocycles. The van der Waals surface area contributed by atoms with Crippen molar-refractivity contribution in [2.45, 2.75) is 129 Å². The Kier molecular flexibility index (Phi) is 13.4. The number of nitrogens with zero attached hydrogens (tertiary/aromatic N) is 1. The van der Waals surface area contributed by atoms with E-state index in [1.54, 1.807) is 12.1 Å². The summed E-state index contributed by atoms with van der Waals surface area (Å²) in [6.07, 6.45) is 12.9. The van der Waals surface area contributed by atoms with E-state index in [1.807, 2.05) is 27.7 Å². The number of hydrogen-bond acceptors (Lipinski definition) is 7. The maximum absolute atomic E-state index is 12.8. The first-order valence-corrected chi connectivity index (χ1v) is 16.2. The van der Waals surface area contributed by atoms with Crippen LogP contribution >= 0.6 is 0 Å². The van der Waals surface area contributed by atoms with Gasteiger partial charge < -0.3 is 14.2 Å². The number of piperidine rings is 1. The fourth-order valence-corrected chi connectivity index (χ4v) is 5.87. The molecule has 44 heavy (non-hydrogen) atoms. The van der Waals surface area contributed by atoms with Crippen LogP contribution in [0, 0.1) is 0 Å². The molecule has 241 valence electrons. The minimum Gasteiger partial charge on any atom is -0.494 e. The van der Waals surface area contributed by atoms with E-state index < -0.39 is 34.5 Å². The van der Waals surface area contributed by atoms with Crippen molar-refractivity contribution >= 4 is 11.9 Å². The molecule has 0 spiro atoms. The molecule has 0 N–H and O–H groups in total. The highest BCUT2D eigenvalue weighted by atomic mass is 16.6. The normalized spacial score (nSPS) is 16.3. The summed E-state index contributed by atoms with van der Waals surface area (Å²) in [5.74, 6) is -0.811. The van der Waals surface area contributed by atoms with Gasteiger partial charge in [-0.2, -0.15) is 0 Å². The van der Waals surface area contributed by atoms with Gasteiger partial charge in [-0.05, 0) is 82.6 Å². The third-order valence-corrected chi connectivity index (χ3v) is 8.19. The molecular weight excluding hydrogens is 558 g/mol. The van der Waals surface area contributed by atoms with Gasteiger partial charge in [0.05, 0.1) is 17.7 Å². The Hall–Kier alpha value is -3.23. The number of hydroxylamine groups is 2. The lowest BCUT2D eigenvalue weighted by Crippen LogP contribution is -2.60. The monoisotopic (exact) mass is 608 g/mol. The van der Waals surface area contributed by atoms with Crippen molar-refractivity contribution in [3.05, 3.63) is 69.9 Å². The van der Waals surface area contributed by atoms with Crippen LogP contribution < -0.4 is 14.9 Å². The van der Waals surface area contributed by atoms with Crippen LogP contribution in [-0.2, 0) is 9.94 Å². The topological polar surface area (TPSA) is 102 Å². The predicted octanol–water partition coefficient (Wildman–Crippen LogP) is 8.09. The Morgan fingerprint density at radius 3 is 1.80 bits per heavy atom. The van der Waals surface area contributed by atoms with Gasteiger partial charge in [0.25, 0.3) is 0 Å². The average molecular weight is 609 g/mol. The van der Waals surface area contributed by atoms with Crippen LogP contribution in [0.3, 0.4) is 0 Å². The van der Waals surface area contributed by atoms with Gasteiger partial charge in [0.15, 0.2) is 5.75 Å². The zero-order chi connectivity index (χ0) is 32.2. The first kappa shape index (κ1) is 35.3. The first-order chi connectivity index (χ1) is 20.9. The number of ether oxygens (including phenoxy) is 3.